The first kappa shape index (κ1) is 24.7. The summed E-state index contributed by atoms with van der Waals surface area (Å²) in [6.45, 7) is 13.9. The fraction of sp³-hybridized carbons (Fsp3) is 0.960. The van der Waals surface area contributed by atoms with Gasteiger partial charge in [-0.25, -0.2) is 0 Å². The lowest BCUT2D eigenvalue weighted by Gasteiger charge is -2.45. The third-order valence-corrected chi connectivity index (χ3v) is 5.89. The van der Waals surface area contributed by atoms with Crippen molar-refractivity contribution in [3.05, 3.63) is 0 Å². The average Bonchev–Trinajstić information content (AvgIpc) is 2.53. The number of hydrogen-bond acceptors (Lipinski definition) is 2. The smallest absolute Gasteiger partial charge is 0.0533 e. The second kappa shape index (κ2) is 13.0. The lowest BCUT2D eigenvalue weighted by molar-refractivity contribution is 0.164. The molecule has 160 valence electrons. The minimum absolute atomic E-state index is 0.199. The average molecular weight is 379 g/mol. The van der Waals surface area contributed by atoms with Crippen LogP contribution in [-0.4, -0.2) is 22.8 Å². The summed E-state index contributed by atoms with van der Waals surface area (Å²) < 4.78 is 0. The van der Waals surface area contributed by atoms with Gasteiger partial charge in [0.2, 0.25) is 0 Å². The molecule has 0 radical (unpaired) electrons. The molecule has 0 unspecified atom stereocenters. The van der Waals surface area contributed by atoms with Gasteiger partial charge in [-0.05, 0) is 59.8 Å². The van der Waals surface area contributed by atoms with E-state index in [-0.39, 0.29) is 11.1 Å². The van der Waals surface area contributed by atoms with Crippen molar-refractivity contribution < 1.29 is 0 Å². The Morgan fingerprint density at radius 3 is 1.67 bits per heavy atom. The van der Waals surface area contributed by atoms with E-state index in [1.807, 2.05) is 0 Å². The van der Waals surface area contributed by atoms with Crippen molar-refractivity contribution in [1.29, 1.82) is 0 Å². The molecule has 0 aromatic rings. The molecule has 0 amide bonds. The van der Waals surface area contributed by atoms with Crippen LogP contribution in [0.15, 0.2) is 4.99 Å². The fourth-order valence-corrected chi connectivity index (χ4v) is 4.98. The predicted octanol–water partition coefficient (Wildman–Crippen LogP) is 7.85. The number of hydrogen-bond donors (Lipinski definition) is 1. The summed E-state index contributed by atoms with van der Waals surface area (Å²) in [5.74, 6) is 0. The van der Waals surface area contributed by atoms with E-state index in [4.69, 9.17) is 4.99 Å². The van der Waals surface area contributed by atoms with Crippen LogP contribution in [0, 0.1) is 0 Å². The summed E-state index contributed by atoms with van der Waals surface area (Å²) in [6, 6.07) is 0.501. The number of piperidine rings is 1. The van der Waals surface area contributed by atoms with E-state index in [1.165, 1.54) is 102 Å². The highest BCUT2D eigenvalue weighted by molar-refractivity contribution is 5.84. The number of nitrogens with zero attached hydrogens (tertiary/aromatic N) is 1. The Hall–Kier alpha value is -0.370. The summed E-state index contributed by atoms with van der Waals surface area (Å²) in [5, 5.41) is 3.79. The van der Waals surface area contributed by atoms with E-state index in [0.717, 1.165) is 0 Å². The largest absolute Gasteiger partial charge is 0.307 e. The molecule has 2 nitrogen and oxygen atoms in total. The number of unbranched alkanes of at least 4 members (excludes halogenated alkanes) is 9. The SMILES string of the molecule is CCCCCCCCCCCCC(CCC)=NC1CC(C)(C)NC(C)(C)C1. The molecular formula is C25H50N2. The second-order valence-corrected chi connectivity index (χ2v) is 10.3. The zero-order chi connectivity index (χ0) is 20.2. The molecule has 1 aliphatic heterocycles. The maximum absolute atomic E-state index is 5.27. The Kier molecular flexibility index (Phi) is 11.8. The molecule has 1 N–H and O–H groups in total. The summed E-state index contributed by atoms with van der Waals surface area (Å²) in [4.78, 5) is 5.27. The molecule has 1 heterocycles. The molecule has 1 aliphatic rings. The number of nitrogens with one attached hydrogen (secondary N) is 1. The molecule has 0 atom stereocenters. The van der Waals surface area contributed by atoms with Crippen LogP contribution in [0.3, 0.4) is 0 Å². The first-order chi connectivity index (χ1) is 12.8. The van der Waals surface area contributed by atoms with Crippen molar-refractivity contribution in [2.45, 2.75) is 155 Å². The summed E-state index contributed by atoms with van der Waals surface area (Å²) >= 11 is 0. The molecule has 2 heteroatoms. The lowest BCUT2D eigenvalue weighted by Crippen LogP contribution is -2.58. The summed E-state index contributed by atoms with van der Waals surface area (Å²) in [7, 11) is 0. The van der Waals surface area contributed by atoms with Crippen molar-refractivity contribution in [1.82, 2.24) is 5.32 Å². The van der Waals surface area contributed by atoms with Gasteiger partial charge in [0.1, 0.15) is 0 Å². The van der Waals surface area contributed by atoms with Crippen molar-refractivity contribution >= 4 is 5.71 Å². The van der Waals surface area contributed by atoms with Gasteiger partial charge in [0.15, 0.2) is 0 Å². The molecule has 0 bridgehead atoms. The van der Waals surface area contributed by atoms with Gasteiger partial charge in [0, 0.05) is 16.8 Å². The van der Waals surface area contributed by atoms with Crippen LogP contribution < -0.4 is 5.32 Å². The molecule has 0 aromatic carbocycles. The fourth-order valence-electron chi connectivity index (χ4n) is 4.98. The molecule has 1 fully saturated rings. The normalized spacial score (nSPS) is 20.1. The van der Waals surface area contributed by atoms with Gasteiger partial charge in [0.05, 0.1) is 6.04 Å². The standard InChI is InChI=1S/C25H50N2/c1-7-9-10-11-12-13-14-15-16-17-19-22(18-8-2)26-23-20-24(3,4)27-25(5,6)21-23/h23,27H,7-21H2,1-6H3. The van der Waals surface area contributed by atoms with Gasteiger partial charge in [-0.15, -0.1) is 0 Å². The van der Waals surface area contributed by atoms with Gasteiger partial charge in [-0.3, -0.25) is 4.99 Å². The highest BCUT2D eigenvalue weighted by Crippen LogP contribution is 2.31. The predicted molar refractivity (Wildman–Crippen MR) is 123 cm³/mol. The Balaban J connectivity index is 2.29. The first-order valence-corrected chi connectivity index (χ1v) is 12.1. The van der Waals surface area contributed by atoms with Crippen LogP contribution in [0.1, 0.15) is 138 Å². The van der Waals surface area contributed by atoms with Crippen LogP contribution in [0.25, 0.3) is 0 Å². The van der Waals surface area contributed by atoms with E-state index < -0.39 is 0 Å². The second-order valence-electron chi connectivity index (χ2n) is 10.3. The number of aliphatic imine (C=N–C) groups is 1. The van der Waals surface area contributed by atoms with Crippen LogP contribution in [0.5, 0.6) is 0 Å². The summed E-state index contributed by atoms with van der Waals surface area (Å²) in [5.41, 5.74) is 1.89. The van der Waals surface area contributed by atoms with Crippen LogP contribution in [0.4, 0.5) is 0 Å². The Labute approximate surface area is 171 Å². The third-order valence-electron chi connectivity index (χ3n) is 5.89. The van der Waals surface area contributed by atoms with Crippen LogP contribution in [-0.2, 0) is 0 Å². The minimum Gasteiger partial charge on any atom is -0.307 e. The van der Waals surface area contributed by atoms with E-state index in [2.05, 4.69) is 46.9 Å². The highest BCUT2D eigenvalue weighted by atomic mass is 15.1. The molecule has 0 saturated carbocycles. The van der Waals surface area contributed by atoms with Gasteiger partial charge in [-0.2, -0.15) is 0 Å². The van der Waals surface area contributed by atoms with Gasteiger partial charge in [0.25, 0.3) is 0 Å². The van der Waals surface area contributed by atoms with E-state index in [0.29, 0.717) is 6.04 Å². The molecule has 27 heavy (non-hydrogen) atoms. The molecule has 0 aromatic heterocycles. The van der Waals surface area contributed by atoms with Crippen molar-refractivity contribution in [3.8, 4) is 0 Å². The number of rotatable bonds is 14. The third kappa shape index (κ3) is 11.9. The van der Waals surface area contributed by atoms with E-state index in [9.17, 15) is 0 Å². The van der Waals surface area contributed by atoms with Crippen LogP contribution >= 0.6 is 0 Å². The van der Waals surface area contributed by atoms with Gasteiger partial charge >= 0.3 is 0 Å². The molecule has 0 spiro atoms. The van der Waals surface area contributed by atoms with Crippen molar-refractivity contribution in [3.63, 3.8) is 0 Å². The zero-order valence-corrected chi connectivity index (χ0v) is 19.6. The Morgan fingerprint density at radius 1 is 0.704 bits per heavy atom. The maximum Gasteiger partial charge on any atom is 0.0533 e. The summed E-state index contributed by atoms with van der Waals surface area (Å²) in [6.07, 6.45) is 20.1. The molecular weight excluding hydrogens is 328 g/mol. The van der Waals surface area contributed by atoms with E-state index in [1.54, 1.807) is 0 Å². The van der Waals surface area contributed by atoms with Gasteiger partial charge in [-0.1, -0.05) is 78.1 Å². The Bertz CT molecular complexity index is 393. The topological polar surface area (TPSA) is 24.4 Å². The Morgan fingerprint density at radius 2 is 1.19 bits per heavy atom. The molecule has 1 rings (SSSR count). The van der Waals surface area contributed by atoms with Gasteiger partial charge < -0.3 is 5.32 Å². The first-order valence-electron chi connectivity index (χ1n) is 12.1. The monoisotopic (exact) mass is 378 g/mol. The molecule has 1 saturated heterocycles. The minimum atomic E-state index is 0.199. The van der Waals surface area contributed by atoms with Crippen molar-refractivity contribution in [2.75, 3.05) is 0 Å². The lowest BCUT2D eigenvalue weighted by atomic mass is 9.80. The quantitative estimate of drug-likeness (QED) is 0.241. The highest BCUT2D eigenvalue weighted by Gasteiger charge is 2.37. The van der Waals surface area contributed by atoms with E-state index >= 15 is 0 Å². The maximum atomic E-state index is 5.27. The van der Waals surface area contributed by atoms with Crippen molar-refractivity contribution in [2.24, 2.45) is 4.99 Å². The zero-order valence-electron chi connectivity index (χ0n) is 19.6. The molecule has 0 aliphatic carbocycles. The van der Waals surface area contributed by atoms with Crippen LogP contribution in [0.2, 0.25) is 0 Å².